The number of rotatable bonds is 7. The summed E-state index contributed by atoms with van der Waals surface area (Å²) in [6, 6.07) is 3.67. The summed E-state index contributed by atoms with van der Waals surface area (Å²) in [5, 5.41) is 8.77. The van der Waals surface area contributed by atoms with Crippen LogP contribution in [-0.2, 0) is 26.3 Å². The summed E-state index contributed by atoms with van der Waals surface area (Å²) in [5.41, 5.74) is -0.471. The molecule has 0 aliphatic carbocycles. The third-order valence-corrected chi connectivity index (χ3v) is 4.53. The van der Waals surface area contributed by atoms with E-state index >= 15 is 0 Å². The maximum atomic E-state index is 14.4. The minimum Gasteiger partial charge on any atom is -0.376 e. The Labute approximate surface area is 176 Å². The van der Waals surface area contributed by atoms with Gasteiger partial charge in [-0.05, 0) is 17.7 Å². The molecule has 166 valence electrons. The van der Waals surface area contributed by atoms with Gasteiger partial charge in [0.05, 0.1) is 24.1 Å². The van der Waals surface area contributed by atoms with Gasteiger partial charge >= 0.3 is 12.1 Å². The Balaban J connectivity index is 1.44. The average molecular weight is 450 g/mol. The van der Waals surface area contributed by atoms with Crippen LogP contribution in [0.3, 0.4) is 0 Å². The van der Waals surface area contributed by atoms with Gasteiger partial charge < -0.3 is 19.7 Å². The van der Waals surface area contributed by atoms with E-state index in [0.717, 1.165) is 6.07 Å². The molecule has 2 heterocycles. The van der Waals surface area contributed by atoms with Crippen LogP contribution in [0.4, 0.5) is 28.9 Å². The summed E-state index contributed by atoms with van der Waals surface area (Å²) in [7, 11) is 1.79. The molecular formula is C19H14F4N6O3. The zero-order chi connectivity index (χ0) is 23.0. The Morgan fingerprint density at radius 2 is 1.78 bits per heavy atom. The van der Waals surface area contributed by atoms with Crippen LogP contribution in [0, 0.1) is 5.82 Å². The number of hydrogen-bond acceptors (Lipinski definition) is 8. The van der Waals surface area contributed by atoms with E-state index in [4.69, 9.17) is 0 Å². The zero-order valence-corrected chi connectivity index (χ0v) is 16.3. The largest absolute Gasteiger partial charge is 0.471 e. The average Bonchev–Trinajstić information content (AvgIpc) is 3.39. The lowest BCUT2D eigenvalue weighted by molar-refractivity contribution is -0.159. The number of halogens is 4. The molecule has 0 aliphatic heterocycles. The third-order valence-electron chi connectivity index (χ3n) is 4.53. The van der Waals surface area contributed by atoms with Crippen LogP contribution in [0.2, 0.25) is 0 Å². The number of nitrogens with zero attached hydrogens (tertiary/aromatic N) is 4. The highest BCUT2D eigenvalue weighted by Crippen LogP contribution is 2.30. The molecule has 0 saturated carbocycles. The highest BCUT2D eigenvalue weighted by Gasteiger charge is 2.38. The first-order chi connectivity index (χ1) is 15.1. The van der Waals surface area contributed by atoms with Crippen molar-refractivity contribution in [3.63, 3.8) is 0 Å². The van der Waals surface area contributed by atoms with E-state index in [1.165, 1.54) is 12.1 Å². The minimum absolute atomic E-state index is 0.0135. The lowest BCUT2D eigenvalue weighted by Crippen LogP contribution is -2.37. The summed E-state index contributed by atoms with van der Waals surface area (Å²) in [6.07, 6.45) is -1.50. The van der Waals surface area contributed by atoms with Crippen molar-refractivity contribution in [2.75, 3.05) is 10.6 Å². The first-order valence-electron chi connectivity index (χ1n) is 9.11. The van der Waals surface area contributed by atoms with Crippen LogP contribution in [0.1, 0.15) is 17.1 Å². The Morgan fingerprint density at radius 1 is 1.09 bits per heavy atom. The number of benzene rings is 1. The fraction of sp³-hybridized carbons (Fsp3) is 0.211. The quantitative estimate of drug-likeness (QED) is 0.326. The maximum Gasteiger partial charge on any atom is 0.471 e. The van der Waals surface area contributed by atoms with Crippen LogP contribution in [0.25, 0.3) is 11.4 Å². The predicted molar refractivity (Wildman–Crippen MR) is 104 cm³/mol. The molecule has 4 rings (SSSR count). The van der Waals surface area contributed by atoms with Gasteiger partial charge in [0, 0.05) is 19.8 Å². The van der Waals surface area contributed by atoms with Gasteiger partial charge in [0.2, 0.25) is 5.82 Å². The van der Waals surface area contributed by atoms with Gasteiger partial charge in [-0.15, -0.1) is 0 Å². The fourth-order valence-corrected chi connectivity index (χ4v) is 2.95. The molecule has 2 N–H and O–H groups in total. The standard InChI is InChI=1S/C19H14F4N6O3/c1-29-7-10(26-8-29)6-25-14-13(15(30)16(14)31)24-5-9-2-3-11(12(20)4-9)17-27-18(32-28-17)19(21,22)23/h2-4,7-8,24-25H,5-6H2,1H3. The number of hydrogen-bond donors (Lipinski definition) is 2. The van der Waals surface area contributed by atoms with E-state index < -0.39 is 34.6 Å². The lowest BCUT2D eigenvalue weighted by atomic mass is 10.1. The van der Waals surface area contributed by atoms with Crippen molar-refractivity contribution in [1.29, 1.82) is 0 Å². The molecular weight excluding hydrogens is 436 g/mol. The van der Waals surface area contributed by atoms with E-state index in [-0.39, 0.29) is 30.0 Å². The molecule has 0 saturated heterocycles. The molecule has 0 bridgehead atoms. The van der Waals surface area contributed by atoms with Gasteiger partial charge in [-0.1, -0.05) is 11.2 Å². The molecule has 0 spiro atoms. The van der Waals surface area contributed by atoms with Crippen molar-refractivity contribution in [2.45, 2.75) is 19.3 Å². The second kappa shape index (κ2) is 7.90. The van der Waals surface area contributed by atoms with Gasteiger partial charge in [-0.25, -0.2) is 9.37 Å². The molecule has 0 fully saturated rings. The summed E-state index contributed by atoms with van der Waals surface area (Å²) in [4.78, 5) is 31.0. The predicted octanol–water partition coefficient (Wildman–Crippen LogP) is 2.45. The smallest absolute Gasteiger partial charge is 0.376 e. The van der Waals surface area contributed by atoms with Crippen molar-refractivity contribution in [3.8, 4) is 11.4 Å². The van der Waals surface area contributed by atoms with E-state index in [0.29, 0.717) is 11.3 Å². The summed E-state index contributed by atoms with van der Waals surface area (Å²) < 4.78 is 58.0. The van der Waals surface area contributed by atoms with E-state index in [9.17, 15) is 27.2 Å². The number of anilines is 2. The number of imidazole rings is 1. The van der Waals surface area contributed by atoms with Crippen LogP contribution >= 0.6 is 0 Å². The van der Waals surface area contributed by atoms with Crippen molar-refractivity contribution < 1.29 is 22.1 Å². The molecule has 0 aliphatic rings. The second-order valence-electron chi connectivity index (χ2n) is 6.88. The number of nitrogens with one attached hydrogen (secondary N) is 2. The lowest BCUT2D eigenvalue weighted by Gasteiger charge is -2.14. The molecule has 9 nitrogen and oxygen atoms in total. The maximum absolute atomic E-state index is 14.4. The van der Waals surface area contributed by atoms with Crippen molar-refractivity contribution >= 4 is 11.4 Å². The van der Waals surface area contributed by atoms with Crippen molar-refractivity contribution in [1.82, 2.24) is 19.7 Å². The second-order valence-corrected chi connectivity index (χ2v) is 6.88. The van der Waals surface area contributed by atoms with Crippen molar-refractivity contribution in [2.24, 2.45) is 7.05 Å². The Bertz CT molecular complexity index is 1350. The summed E-state index contributed by atoms with van der Waals surface area (Å²) >= 11 is 0. The van der Waals surface area contributed by atoms with Gasteiger partial charge in [0.25, 0.3) is 10.9 Å². The molecule has 0 radical (unpaired) electrons. The molecule has 2 aromatic carbocycles. The molecule has 4 aromatic rings. The van der Waals surface area contributed by atoms with E-state index in [1.54, 1.807) is 24.1 Å². The first kappa shape index (κ1) is 21.2. The number of aryl methyl sites for hydroxylation is 1. The summed E-state index contributed by atoms with van der Waals surface area (Å²) in [6.45, 7) is 0.217. The van der Waals surface area contributed by atoms with Crippen LogP contribution in [0.15, 0.2) is 44.8 Å². The number of aromatic nitrogens is 4. The normalized spacial score (nSPS) is 11.8. The zero-order valence-electron chi connectivity index (χ0n) is 16.3. The molecule has 0 amide bonds. The van der Waals surface area contributed by atoms with Crippen LogP contribution in [0.5, 0.6) is 0 Å². The van der Waals surface area contributed by atoms with E-state index in [2.05, 4.69) is 30.3 Å². The minimum atomic E-state index is -4.84. The molecule has 32 heavy (non-hydrogen) atoms. The first-order valence-corrected chi connectivity index (χ1v) is 9.11. The van der Waals surface area contributed by atoms with Gasteiger partial charge in [-0.3, -0.25) is 9.59 Å². The summed E-state index contributed by atoms with van der Waals surface area (Å²) in [5.74, 6) is -3.00. The van der Waals surface area contributed by atoms with Crippen molar-refractivity contribution in [3.05, 3.63) is 74.1 Å². The van der Waals surface area contributed by atoms with Gasteiger partial charge in [0.15, 0.2) is 0 Å². The van der Waals surface area contributed by atoms with Crippen LogP contribution in [-0.4, -0.2) is 19.7 Å². The topological polar surface area (TPSA) is 115 Å². The molecule has 0 unspecified atom stereocenters. The monoisotopic (exact) mass is 450 g/mol. The van der Waals surface area contributed by atoms with E-state index in [1.807, 2.05) is 0 Å². The Morgan fingerprint density at radius 3 is 2.34 bits per heavy atom. The highest BCUT2D eigenvalue weighted by molar-refractivity contribution is 5.74. The van der Waals surface area contributed by atoms with Gasteiger partial charge in [0.1, 0.15) is 17.2 Å². The molecule has 13 heteroatoms. The Kier molecular flexibility index (Phi) is 5.24. The SMILES string of the molecule is Cn1cnc(CNc2c(NCc3ccc(-c4noc(C(F)(F)F)n4)c(F)c3)c(=O)c2=O)c1. The molecule has 2 aromatic heterocycles. The fourth-order valence-electron chi connectivity index (χ4n) is 2.95. The molecule has 0 atom stereocenters. The highest BCUT2D eigenvalue weighted by atomic mass is 19.4. The third kappa shape index (κ3) is 4.08. The van der Waals surface area contributed by atoms with Gasteiger partial charge in [-0.2, -0.15) is 18.2 Å². The number of alkyl halides is 3. The Hall–Kier alpha value is -4.03. The van der Waals surface area contributed by atoms with Crippen LogP contribution < -0.4 is 21.5 Å².